The van der Waals surface area contributed by atoms with Crippen molar-refractivity contribution in [2.24, 2.45) is 7.05 Å². The first-order chi connectivity index (χ1) is 11.6. The molecule has 1 heterocycles. The second-order valence-corrected chi connectivity index (χ2v) is 6.00. The fraction of sp³-hybridized carbons (Fsp3) is 0.125. The Morgan fingerprint density at radius 1 is 1.25 bits per heavy atom. The highest BCUT2D eigenvalue weighted by Gasteiger charge is 2.16. The number of anilines is 1. The van der Waals surface area contributed by atoms with Gasteiger partial charge in [-0.05, 0) is 18.2 Å². The number of nitrogens with one attached hydrogen (secondary N) is 1. The highest BCUT2D eigenvalue weighted by Crippen LogP contribution is 2.25. The fourth-order valence-corrected chi connectivity index (χ4v) is 3.09. The van der Waals surface area contributed by atoms with Gasteiger partial charge >= 0.3 is 0 Å². The minimum absolute atomic E-state index is 0.114. The summed E-state index contributed by atoms with van der Waals surface area (Å²) in [5.41, 5.74) is 1.91. The molecule has 1 N–H and O–H groups in total. The predicted octanol–water partition coefficient (Wildman–Crippen LogP) is 3.21. The van der Waals surface area contributed by atoms with Gasteiger partial charge in [0.15, 0.2) is 5.16 Å². The van der Waals surface area contributed by atoms with Crippen LogP contribution in [0.3, 0.4) is 0 Å². The first-order valence-electron chi connectivity index (χ1n) is 7.14. The summed E-state index contributed by atoms with van der Waals surface area (Å²) in [4.78, 5) is 27.0. The Kier molecular flexibility index (Phi) is 4.48. The predicted molar refractivity (Wildman–Crippen MR) is 93.2 cm³/mol. The number of thioether (sulfide) groups is 1. The van der Waals surface area contributed by atoms with Gasteiger partial charge in [0.25, 0.3) is 5.69 Å². The Hall–Kier alpha value is -2.87. The summed E-state index contributed by atoms with van der Waals surface area (Å²) in [6.45, 7) is 0. The molecule has 0 aliphatic rings. The number of aromatic nitrogens is 2. The van der Waals surface area contributed by atoms with Crippen molar-refractivity contribution in [1.82, 2.24) is 9.55 Å². The van der Waals surface area contributed by atoms with E-state index in [1.807, 2.05) is 35.9 Å². The van der Waals surface area contributed by atoms with E-state index in [9.17, 15) is 14.9 Å². The van der Waals surface area contributed by atoms with Gasteiger partial charge in [0.05, 0.1) is 21.7 Å². The lowest BCUT2D eigenvalue weighted by Gasteiger charge is -2.05. The van der Waals surface area contributed by atoms with Crippen molar-refractivity contribution in [1.29, 1.82) is 0 Å². The number of rotatable bonds is 5. The molecule has 0 spiro atoms. The van der Waals surface area contributed by atoms with Crippen molar-refractivity contribution in [3.63, 3.8) is 0 Å². The quantitative estimate of drug-likeness (QED) is 0.437. The molecule has 0 aliphatic heterocycles. The average molecular weight is 342 g/mol. The largest absolute Gasteiger partial charge is 0.322 e. The zero-order valence-corrected chi connectivity index (χ0v) is 13.6. The number of benzene rings is 2. The molecule has 1 amide bonds. The van der Waals surface area contributed by atoms with Gasteiger partial charge in [-0.25, -0.2) is 4.98 Å². The summed E-state index contributed by atoms with van der Waals surface area (Å²) in [6, 6.07) is 13.8. The monoisotopic (exact) mass is 342 g/mol. The number of hydrogen-bond donors (Lipinski definition) is 1. The van der Waals surface area contributed by atoms with Gasteiger partial charge in [-0.15, -0.1) is 0 Å². The van der Waals surface area contributed by atoms with Crippen LogP contribution in [0.5, 0.6) is 0 Å². The molecule has 3 rings (SSSR count). The molecule has 7 nitrogen and oxygen atoms in total. The Morgan fingerprint density at radius 2 is 1.96 bits per heavy atom. The molecule has 0 aliphatic carbocycles. The van der Waals surface area contributed by atoms with Crippen molar-refractivity contribution in [3.05, 3.63) is 58.6 Å². The highest BCUT2D eigenvalue weighted by atomic mass is 32.2. The van der Waals surface area contributed by atoms with Gasteiger partial charge in [0.1, 0.15) is 5.69 Å². The Bertz CT molecular complexity index is 923. The van der Waals surface area contributed by atoms with Gasteiger partial charge in [-0.2, -0.15) is 0 Å². The van der Waals surface area contributed by atoms with Gasteiger partial charge in [0, 0.05) is 13.1 Å². The van der Waals surface area contributed by atoms with Crippen LogP contribution in [0, 0.1) is 10.1 Å². The summed E-state index contributed by atoms with van der Waals surface area (Å²) < 4.78 is 1.91. The maximum absolute atomic E-state index is 12.1. The van der Waals surface area contributed by atoms with Crippen LogP contribution in [0.4, 0.5) is 11.4 Å². The number of imidazole rings is 1. The van der Waals surface area contributed by atoms with Crippen LogP contribution in [0.1, 0.15) is 0 Å². The molecule has 0 saturated heterocycles. The molecule has 2 aromatic carbocycles. The van der Waals surface area contributed by atoms with Crippen molar-refractivity contribution < 1.29 is 9.72 Å². The van der Waals surface area contributed by atoms with Crippen LogP contribution >= 0.6 is 11.8 Å². The molecule has 0 fully saturated rings. The van der Waals surface area contributed by atoms with Crippen molar-refractivity contribution >= 4 is 40.1 Å². The lowest BCUT2D eigenvalue weighted by molar-refractivity contribution is -0.383. The molecule has 122 valence electrons. The summed E-state index contributed by atoms with van der Waals surface area (Å²) in [5.74, 6) is -0.204. The minimum Gasteiger partial charge on any atom is -0.322 e. The minimum atomic E-state index is -0.520. The van der Waals surface area contributed by atoms with Crippen molar-refractivity contribution in [2.45, 2.75) is 5.16 Å². The maximum Gasteiger partial charge on any atom is 0.292 e. The number of para-hydroxylation sites is 4. The second kappa shape index (κ2) is 6.71. The number of nitro benzene ring substituents is 1. The second-order valence-electron chi connectivity index (χ2n) is 5.05. The van der Waals surface area contributed by atoms with Gasteiger partial charge in [-0.3, -0.25) is 14.9 Å². The van der Waals surface area contributed by atoms with Gasteiger partial charge in [-0.1, -0.05) is 36.0 Å². The van der Waals surface area contributed by atoms with E-state index in [4.69, 9.17) is 0 Å². The van der Waals surface area contributed by atoms with Crippen molar-refractivity contribution in [2.75, 3.05) is 11.1 Å². The van der Waals surface area contributed by atoms with E-state index >= 15 is 0 Å². The van der Waals surface area contributed by atoms with Gasteiger partial charge in [0.2, 0.25) is 5.91 Å². The topological polar surface area (TPSA) is 90.1 Å². The molecule has 0 radical (unpaired) electrons. The third kappa shape index (κ3) is 3.23. The Labute approximate surface area is 141 Å². The number of aryl methyl sites for hydroxylation is 1. The maximum atomic E-state index is 12.1. The summed E-state index contributed by atoms with van der Waals surface area (Å²) in [6.07, 6.45) is 0. The number of nitrogens with zero attached hydrogens (tertiary/aromatic N) is 3. The number of carbonyl (C=O) groups is 1. The van der Waals surface area contributed by atoms with E-state index < -0.39 is 4.92 Å². The van der Waals surface area contributed by atoms with Crippen LogP contribution in [-0.4, -0.2) is 26.1 Å². The van der Waals surface area contributed by atoms with Crippen molar-refractivity contribution in [3.8, 4) is 0 Å². The summed E-state index contributed by atoms with van der Waals surface area (Å²) in [5, 5.41) is 14.3. The average Bonchev–Trinajstić information content (AvgIpc) is 2.90. The lowest BCUT2D eigenvalue weighted by Crippen LogP contribution is -2.15. The third-order valence-corrected chi connectivity index (χ3v) is 4.48. The Morgan fingerprint density at radius 3 is 2.71 bits per heavy atom. The molecular formula is C16H14N4O3S. The van der Waals surface area contributed by atoms with Gasteiger partial charge < -0.3 is 9.88 Å². The van der Waals surface area contributed by atoms with Crippen LogP contribution in [0.2, 0.25) is 0 Å². The molecule has 3 aromatic rings. The van der Waals surface area contributed by atoms with Crippen LogP contribution in [0.25, 0.3) is 11.0 Å². The molecule has 0 bridgehead atoms. The zero-order chi connectivity index (χ0) is 17.1. The van der Waals surface area contributed by atoms with E-state index in [1.54, 1.807) is 12.1 Å². The highest BCUT2D eigenvalue weighted by molar-refractivity contribution is 7.99. The molecule has 0 saturated carbocycles. The zero-order valence-electron chi connectivity index (χ0n) is 12.8. The number of hydrogen-bond acceptors (Lipinski definition) is 5. The normalized spacial score (nSPS) is 10.7. The van der Waals surface area contributed by atoms with Crippen LogP contribution in [-0.2, 0) is 11.8 Å². The smallest absolute Gasteiger partial charge is 0.292 e. The van der Waals surface area contributed by atoms with E-state index in [0.29, 0.717) is 5.16 Å². The molecule has 24 heavy (non-hydrogen) atoms. The Balaban J connectivity index is 1.69. The first kappa shape index (κ1) is 16.0. The molecular weight excluding hydrogens is 328 g/mol. The molecule has 0 atom stereocenters. The number of fused-ring (bicyclic) bond motifs is 1. The number of nitro groups is 1. The summed E-state index contributed by atoms with van der Waals surface area (Å²) >= 11 is 1.28. The molecule has 1 aromatic heterocycles. The van der Waals surface area contributed by atoms with E-state index in [0.717, 1.165) is 11.0 Å². The van der Waals surface area contributed by atoms with Crippen LogP contribution < -0.4 is 5.32 Å². The molecule has 8 heteroatoms. The van der Waals surface area contributed by atoms with E-state index in [1.165, 1.54) is 23.9 Å². The first-order valence-corrected chi connectivity index (χ1v) is 8.12. The number of amides is 1. The fourth-order valence-electron chi connectivity index (χ4n) is 2.31. The molecule has 0 unspecified atom stereocenters. The van der Waals surface area contributed by atoms with Crippen LogP contribution in [0.15, 0.2) is 53.7 Å². The van der Waals surface area contributed by atoms with E-state index in [-0.39, 0.29) is 23.0 Å². The van der Waals surface area contributed by atoms with E-state index in [2.05, 4.69) is 10.3 Å². The SMILES string of the molecule is Cn1c(SCC(=O)Nc2ccccc2[N+](=O)[O-])nc2ccccc21. The standard InChI is InChI=1S/C16H14N4O3S/c1-19-13-8-4-2-6-11(13)18-16(19)24-10-15(21)17-12-7-3-5-9-14(12)20(22)23/h2-9H,10H2,1H3,(H,17,21). The third-order valence-electron chi connectivity index (χ3n) is 3.45. The summed E-state index contributed by atoms with van der Waals surface area (Å²) in [7, 11) is 1.89. The lowest BCUT2D eigenvalue weighted by atomic mass is 10.2. The number of carbonyl (C=O) groups excluding carboxylic acids is 1.